The summed E-state index contributed by atoms with van der Waals surface area (Å²) in [6.45, 7) is 4.23. The van der Waals surface area contributed by atoms with E-state index >= 15 is 0 Å². The van der Waals surface area contributed by atoms with Gasteiger partial charge in [0.1, 0.15) is 19.8 Å². The SMILES string of the molecule is CCCCCCCCC=CCCCCCCCC(=O)O[C@H](COC(=O)CCCCCCCCCCCCCCCCC)COP(=O)([O-])OCC[N+](C)(C)C. The fourth-order valence-corrected chi connectivity index (χ4v) is 6.97. The molecule has 0 rings (SSSR count). The second kappa shape index (κ2) is 37.3. The van der Waals surface area contributed by atoms with Crippen LogP contribution >= 0.6 is 7.82 Å². The Morgan fingerprint density at radius 3 is 1.37 bits per heavy atom. The van der Waals surface area contributed by atoms with E-state index in [0.717, 1.165) is 51.4 Å². The third kappa shape index (κ3) is 40.4. The van der Waals surface area contributed by atoms with Gasteiger partial charge in [-0.25, -0.2) is 0 Å². The summed E-state index contributed by atoms with van der Waals surface area (Å²) >= 11 is 0. The van der Waals surface area contributed by atoms with Gasteiger partial charge in [0, 0.05) is 12.8 Å². The number of unbranched alkanes of at least 4 members (excludes halogenated alkanes) is 25. The number of ether oxygens (including phenoxy) is 2. The largest absolute Gasteiger partial charge is 0.756 e. The molecule has 0 spiro atoms. The number of carbonyl (C=O) groups is 2. The van der Waals surface area contributed by atoms with Crippen LogP contribution in [0.1, 0.15) is 206 Å². The van der Waals surface area contributed by atoms with Crippen molar-refractivity contribution < 1.29 is 42.1 Å². The number of hydrogen-bond donors (Lipinski definition) is 0. The third-order valence-electron chi connectivity index (χ3n) is 9.79. The molecular weight excluding hydrogens is 701 g/mol. The van der Waals surface area contributed by atoms with Gasteiger partial charge in [-0.05, 0) is 38.5 Å². The monoisotopic (exact) mass is 788 g/mol. The van der Waals surface area contributed by atoms with Crippen LogP contribution in [0.3, 0.4) is 0 Å². The summed E-state index contributed by atoms with van der Waals surface area (Å²) in [6.07, 6.45) is 38.0. The Morgan fingerprint density at radius 2 is 0.944 bits per heavy atom. The highest BCUT2D eigenvalue weighted by atomic mass is 31.2. The fraction of sp³-hybridized carbons (Fsp3) is 0.909. The first-order valence-electron chi connectivity index (χ1n) is 22.4. The standard InChI is InChI=1S/C44H86NO8P/c1-6-8-10-12-14-16-18-20-22-24-26-28-30-32-34-36-43(46)50-40-42(41-52-54(48,49)51-39-38-45(3,4)5)53-44(47)37-35-33-31-29-27-25-23-21-19-17-15-13-11-9-7-2/h21,23,42H,6-20,22,24-41H2,1-5H3/t42-/m1/s1. The fourth-order valence-electron chi connectivity index (χ4n) is 6.24. The van der Waals surface area contributed by atoms with E-state index in [1.54, 1.807) is 0 Å². The van der Waals surface area contributed by atoms with Crippen LogP contribution in [-0.4, -0.2) is 70.0 Å². The molecule has 0 aliphatic rings. The molecule has 54 heavy (non-hydrogen) atoms. The molecule has 9 nitrogen and oxygen atoms in total. The molecule has 10 heteroatoms. The number of nitrogens with zero attached hydrogens (tertiary/aromatic N) is 1. The van der Waals surface area contributed by atoms with Crippen LogP contribution < -0.4 is 4.89 Å². The number of phosphoric acid groups is 1. The van der Waals surface area contributed by atoms with Crippen LogP contribution in [0.2, 0.25) is 0 Å². The number of rotatable bonds is 41. The Bertz CT molecular complexity index is 938. The smallest absolute Gasteiger partial charge is 0.306 e. The molecule has 0 saturated heterocycles. The first kappa shape index (κ1) is 52.8. The number of allylic oxidation sites excluding steroid dienone is 2. The molecule has 0 amide bonds. The lowest BCUT2D eigenvalue weighted by Gasteiger charge is -2.28. The van der Waals surface area contributed by atoms with Gasteiger partial charge in [-0.3, -0.25) is 14.2 Å². The van der Waals surface area contributed by atoms with Gasteiger partial charge in [-0.15, -0.1) is 0 Å². The van der Waals surface area contributed by atoms with Crippen LogP contribution in [0.15, 0.2) is 12.2 Å². The highest BCUT2D eigenvalue weighted by molar-refractivity contribution is 7.45. The highest BCUT2D eigenvalue weighted by Crippen LogP contribution is 2.38. The average Bonchev–Trinajstić information content (AvgIpc) is 3.12. The second-order valence-corrected chi connectivity index (χ2v) is 17.8. The maximum Gasteiger partial charge on any atom is 0.306 e. The Labute approximate surface area is 333 Å². The van der Waals surface area contributed by atoms with Crippen LogP contribution in [0.4, 0.5) is 0 Å². The Balaban J connectivity index is 4.34. The number of esters is 2. The zero-order valence-electron chi connectivity index (χ0n) is 35.9. The lowest BCUT2D eigenvalue weighted by atomic mass is 10.0. The maximum absolute atomic E-state index is 12.7. The third-order valence-corrected chi connectivity index (χ3v) is 10.7. The number of hydrogen-bond acceptors (Lipinski definition) is 8. The minimum absolute atomic E-state index is 0.0293. The predicted octanol–water partition coefficient (Wildman–Crippen LogP) is 11.9. The molecule has 0 aliphatic carbocycles. The molecular formula is C44H86NO8P. The molecule has 320 valence electrons. The minimum atomic E-state index is -4.62. The quantitative estimate of drug-likeness (QED) is 0.0198. The van der Waals surface area contributed by atoms with Crippen LogP contribution in [0, 0.1) is 0 Å². The number of carbonyl (C=O) groups excluding carboxylic acids is 2. The van der Waals surface area contributed by atoms with Gasteiger partial charge in [0.05, 0.1) is 27.7 Å². The molecule has 0 aliphatic heterocycles. The summed E-state index contributed by atoms with van der Waals surface area (Å²) in [5.41, 5.74) is 0. The topological polar surface area (TPSA) is 111 Å². The summed E-state index contributed by atoms with van der Waals surface area (Å²) < 4.78 is 33.9. The second-order valence-electron chi connectivity index (χ2n) is 16.4. The van der Waals surface area contributed by atoms with Gasteiger partial charge in [0.2, 0.25) is 0 Å². The Hall–Kier alpha value is -1.25. The molecule has 0 fully saturated rings. The highest BCUT2D eigenvalue weighted by Gasteiger charge is 2.21. The van der Waals surface area contributed by atoms with Gasteiger partial charge >= 0.3 is 11.9 Å². The van der Waals surface area contributed by atoms with Crippen molar-refractivity contribution in [2.45, 2.75) is 213 Å². The van der Waals surface area contributed by atoms with Crippen molar-refractivity contribution in [3.8, 4) is 0 Å². The Kier molecular flexibility index (Phi) is 36.5. The molecule has 0 saturated carbocycles. The summed E-state index contributed by atoms with van der Waals surface area (Å²) in [6, 6.07) is 0. The lowest BCUT2D eigenvalue weighted by Crippen LogP contribution is -2.37. The van der Waals surface area contributed by atoms with Crippen LogP contribution in [0.5, 0.6) is 0 Å². The number of likely N-dealkylation sites (N-methyl/N-ethyl adjacent to an activating group) is 1. The minimum Gasteiger partial charge on any atom is -0.756 e. The molecule has 0 aromatic carbocycles. The molecule has 0 bridgehead atoms. The van der Waals surface area contributed by atoms with E-state index in [9.17, 15) is 19.0 Å². The van der Waals surface area contributed by atoms with Crippen molar-refractivity contribution in [1.29, 1.82) is 0 Å². The van der Waals surface area contributed by atoms with Crippen molar-refractivity contribution in [3.05, 3.63) is 12.2 Å². The summed E-state index contributed by atoms with van der Waals surface area (Å²) in [4.78, 5) is 37.5. The van der Waals surface area contributed by atoms with Crippen molar-refractivity contribution in [3.63, 3.8) is 0 Å². The van der Waals surface area contributed by atoms with Crippen molar-refractivity contribution in [2.75, 3.05) is 47.5 Å². The molecule has 1 unspecified atom stereocenters. The normalized spacial score (nSPS) is 13.7. The lowest BCUT2D eigenvalue weighted by molar-refractivity contribution is -0.870. The average molecular weight is 788 g/mol. The van der Waals surface area contributed by atoms with E-state index in [1.165, 1.54) is 122 Å². The van der Waals surface area contributed by atoms with Gasteiger partial charge in [0.25, 0.3) is 7.82 Å². The number of phosphoric ester groups is 1. The first-order chi connectivity index (χ1) is 26.0. The van der Waals surface area contributed by atoms with Crippen LogP contribution in [0.25, 0.3) is 0 Å². The summed E-state index contributed by atoms with van der Waals surface area (Å²) in [5, 5.41) is 0. The predicted molar refractivity (Wildman–Crippen MR) is 222 cm³/mol. The molecule has 0 aromatic heterocycles. The van der Waals surface area contributed by atoms with E-state index in [2.05, 4.69) is 26.0 Å². The number of quaternary nitrogens is 1. The van der Waals surface area contributed by atoms with E-state index in [1.807, 2.05) is 21.1 Å². The molecule has 0 heterocycles. The first-order valence-corrected chi connectivity index (χ1v) is 23.9. The van der Waals surface area contributed by atoms with Gasteiger partial charge < -0.3 is 27.9 Å². The zero-order valence-corrected chi connectivity index (χ0v) is 36.8. The summed E-state index contributed by atoms with van der Waals surface area (Å²) in [5.74, 6) is -0.834. The molecule has 0 aromatic rings. The van der Waals surface area contributed by atoms with E-state index in [4.69, 9.17) is 18.5 Å². The van der Waals surface area contributed by atoms with Gasteiger partial charge in [0.15, 0.2) is 6.10 Å². The van der Waals surface area contributed by atoms with Gasteiger partial charge in [-0.1, -0.05) is 167 Å². The van der Waals surface area contributed by atoms with E-state index < -0.39 is 26.5 Å². The molecule has 0 radical (unpaired) electrons. The maximum atomic E-state index is 12.7. The van der Waals surface area contributed by atoms with Gasteiger partial charge in [-0.2, -0.15) is 0 Å². The van der Waals surface area contributed by atoms with Crippen LogP contribution in [-0.2, 0) is 32.7 Å². The van der Waals surface area contributed by atoms with Crippen molar-refractivity contribution >= 4 is 19.8 Å². The van der Waals surface area contributed by atoms with Crippen molar-refractivity contribution in [1.82, 2.24) is 0 Å². The molecule has 2 atom stereocenters. The summed E-state index contributed by atoms with van der Waals surface area (Å²) in [7, 11) is 1.17. The zero-order chi connectivity index (χ0) is 40.0. The van der Waals surface area contributed by atoms with Crippen molar-refractivity contribution in [2.24, 2.45) is 0 Å². The van der Waals surface area contributed by atoms with E-state index in [0.29, 0.717) is 17.4 Å². The Morgan fingerprint density at radius 1 is 0.556 bits per heavy atom. The van der Waals surface area contributed by atoms with E-state index in [-0.39, 0.29) is 32.0 Å². The molecule has 0 N–H and O–H groups in total.